The lowest BCUT2D eigenvalue weighted by atomic mass is 9.99. The molecule has 1 aliphatic rings. The Hall–Kier alpha value is -0.130. The minimum Gasteiger partial charge on any atom is -0.299 e. The number of nitrogens with zero attached hydrogens (tertiary/aromatic N) is 1. The van der Waals surface area contributed by atoms with Gasteiger partial charge in [-0.15, -0.1) is 0 Å². The highest BCUT2D eigenvalue weighted by Gasteiger charge is 2.23. The molecular weight excluding hydrogens is 224 g/mol. The monoisotopic (exact) mass is 248 g/mol. The van der Waals surface area contributed by atoms with Crippen LogP contribution in [-0.4, -0.2) is 45.2 Å². The predicted molar refractivity (Wildman–Crippen MR) is 66.9 cm³/mol. The van der Waals surface area contributed by atoms with E-state index in [1.165, 1.54) is 25.5 Å². The second-order valence-electron chi connectivity index (χ2n) is 5.03. The van der Waals surface area contributed by atoms with Crippen LogP contribution in [-0.2, 0) is 10.0 Å². The first-order valence-corrected chi connectivity index (χ1v) is 7.98. The summed E-state index contributed by atoms with van der Waals surface area (Å²) in [6, 6.07) is 0.329. The summed E-state index contributed by atoms with van der Waals surface area (Å²) in [4.78, 5) is 2.42. The summed E-state index contributed by atoms with van der Waals surface area (Å²) in [6.07, 6.45) is 5.01. The van der Waals surface area contributed by atoms with E-state index in [0.717, 1.165) is 13.1 Å². The molecule has 0 aromatic carbocycles. The third-order valence-electron chi connectivity index (χ3n) is 3.18. The van der Waals surface area contributed by atoms with Gasteiger partial charge in [0.05, 0.1) is 6.26 Å². The second-order valence-corrected chi connectivity index (χ2v) is 6.86. The Bertz CT molecular complexity index is 295. The molecule has 1 atom stereocenters. The average molecular weight is 248 g/mol. The molecule has 96 valence electrons. The zero-order valence-electron chi connectivity index (χ0n) is 10.6. The van der Waals surface area contributed by atoms with Crippen LogP contribution in [0.1, 0.15) is 33.1 Å². The molecule has 0 aromatic rings. The lowest BCUT2D eigenvalue weighted by molar-refractivity contribution is 0.130. The number of sulfonamides is 1. The first kappa shape index (κ1) is 13.9. The van der Waals surface area contributed by atoms with Crippen LogP contribution < -0.4 is 4.72 Å². The van der Waals surface area contributed by atoms with E-state index >= 15 is 0 Å². The number of piperidine rings is 1. The van der Waals surface area contributed by atoms with Gasteiger partial charge in [0, 0.05) is 12.6 Å². The lowest BCUT2D eigenvalue weighted by Gasteiger charge is -2.36. The molecule has 0 bridgehead atoms. The molecular formula is C11H24N2O2S. The molecule has 0 saturated carbocycles. The van der Waals surface area contributed by atoms with Crippen LogP contribution >= 0.6 is 0 Å². The predicted octanol–water partition coefficient (Wildman–Crippen LogP) is 1.05. The van der Waals surface area contributed by atoms with E-state index < -0.39 is 10.0 Å². The van der Waals surface area contributed by atoms with E-state index in [0.29, 0.717) is 18.5 Å². The van der Waals surface area contributed by atoms with E-state index in [-0.39, 0.29) is 0 Å². The fourth-order valence-electron chi connectivity index (χ4n) is 2.27. The van der Waals surface area contributed by atoms with Crippen molar-refractivity contribution in [2.24, 2.45) is 5.92 Å². The number of nitrogens with one attached hydrogen (secondary N) is 1. The molecule has 5 heteroatoms. The lowest BCUT2D eigenvalue weighted by Crippen LogP contribution is -2.48. The minimum atomic E-state index is -3.07. The maximum atomic E-state index is 11.1. The number of likely N-dealkylation sites (tertiary alicyclic amines) is 1. The largest absolute Gasteiger partial charge is 0.299 e. The molecule has 0 aliphatic carbocycles. The van der Waals surface area contributed by atoms with Gasteiger partial charge in [0.2, 0.25) is 10.0 Å². The van der Waals surface area contributed by atoms with Gasteiger partial charge in [-0.2, -0.15) is 0 Å². The van der Waals surface area contributed by atoms with Crippen LogP contribution in [0.2, 0.25) is 0 Å². The molecule has 1 saturated heterocycles. The zero-order valence-corrected chi connectivity index (χ0v) is 11.4. The van der Waals surface area contributed by atoms with Crippen molar-refractivity contribution in [3.63, 3.8) is 0 Å². The molecule has 1 aliphatic heterocycles. The van der Waals surface area contributed by atoms with Crippen LogP contribution in [0.5, 0.6) is 0 Å². The van der Waals surface area contributed by atoms with Crippen molar-refractivity contribution >= 4 is 10.0 Å². The molecule has 1 fully saturated rings. The summed E-state index contributed by atoms with van der Waals surface area (Å²) in [5.41, 5.74) is 0. The van der Waals surface area contributed by atoms with Crippen molar-refractivity contribution in [1.29, 1.82) is 0 Å². The molecule has 0 aromatic heterocycles. The van der Waals surface area contributed by atoms with Crippen molar-refractivity contribution in [2.75, 3.05) is 25.9 Å². The zero-order chi connectivity index (χ0) is 12.2. The number of hydrogen-bond acceptors (Lipinski definition) is 3. The van der Waals surface area contributed by atoms with Gasteiger partial charge in [0.15, 0.2) is 0 Å². The fraction of sp³-hybridized carbons (Fsp3) is 1.00. The maximum Gasteiger partial charge on any atom is 0.208 e. The summed E-state index contributed by atoms with van der Waals surface area (Å²) in [7, 11) is -3.07. The van der Waals surface area contributed by atoms with Gasteiger partial charge in [-0.25, -0.2) is 13.1 Å². The maximum absolute atomic E-state index is 11.1. The normalized spacial score (nSPS) is 21.2. The quantitative estimate of drug-likeness (QED) is 0.791. The molecule has 16 heavy (non-hydrogen) atoms. The van der Waals surface area contributed by atoms with Gasteiger partial charge in [0.25, 0.3) is 0 Å². The molecule has 0 amide bonds. The van der Waals surface area contributed by atoms with Crippen molar-refractivity contribution in [3.05, 3.63) is 0 Å². The van der Waals surface area contributed by atoms with Crippen molar-refractivity contribution in [3.8, 4) is 0 Å². The van der Waals surface area contributed by atoms with E-state index in [9.17, 15) is 8.42 Å². The Morgan fingerprint density at radius 2 is 1.75 bits per heavy atom. The van der Waals surface area contributed by atoms with Gasteiger partial charge in [0.1, 0.15) is 0 Å². The first-order chi connectivity index (χ1) is 7.40. The molecule has 0 spiro atoms. The Morgan fingerprint density at radius 3 is 2.19 bits per heavy atom. The Kier molecular flexibility index (Phi) is 5.21. The SMILES string of the molecule is CC(C)C(CNS(C)(=O)=O)N1CCCCC1. The Labute approximate surface area is 99.5 Å². The van der Waals surface area contributed by atoms with Gasteiger partial charge in [-0.1, -0.05) is 20.3 Å². The van der Waals surface area contributed by atoms with Crippen molar-refractivity contribution in [2.45, 2.75) is 39.2 Å². The molecule has 1 N–H and O–H groups in total. The van der Waals surface area contributed by atoms with Crippen molar-refractivity contribution < 1.29 is 8.42 Å². The summed E-state index contributed by atoms with van der Waals surface area (Å²) >= 11 is 0. The molecule has 1 heterocycles. The number of rotatable bonds is 5. The van der Waals surface area contributed by atoms with Crippen LogP contribution in [0.4, 0.5) is 0 Å². The topological polar surface area (TPSA) is 49.4 Å². The Balaban J connectivity index is 2.52. The second kappa shape index (κ2) is 5.98. The van der Waals surface area contributed by atoms with E-state index in [2.05, 4.69) is 23.5 Å². The molecule has 4 nitrogen and oxygen atoms in total. The van der Waals surface area contributed by atoms with Crippen LogP contribution in [0, 0.1) is 5.92 Å². The summed E-state index contributed by atoms with van der Waals surface area (Å²) < 4.78 is 24.9. The van der Waals surface area contributed by atoms with Gasteiger partial charge in [-0.05, 0) is 31.8 Å². The minimum absolute atomic E-state index is 0.329. The standard InChI is InChI=1S/C11H24N2O2S/c1-10(2)11(9-12-16(3,14)15)13-7-5-4-6-8-13/h10-12H,4-9H2,1-3H3. The fourth-order valence-corrected chi connectivity index (χ4v) is 2.75. The summed E-state index contributed by atoms with van der Waals surface area (Å²) in [5, 5.41) is 0. The van der Waals surface area contributed by atoms with Gasteiger partial charge < -0.3 is 0 Å². The van der Waals surface area contributed by atoms with E-state index in [4.69, 9.17) is 0 Å². The molecule has 1 rings (SSSR count). The van der Waals surface area contributed by atoms with E-state index in [1.54, 1.807) is 0 Å². The highest BCUT2D eigenvalue weighted by molar-refractivity contribution is 7.88. The summed E-state index contributed by atoms with van der Waals surface area (Å²) in [5.74, 6) is 0.479. The third kappa shape index (κ3) is 4.80. The van der Waals surface area contributed by atoms with Crippen LogP contribution in [0.3, 0.4) is 0 Å². The van der Waals surface area contributed by atoms with Crippen molar-refractivity contribution in [1.82, 2.24) is 9.62 Å². The smallest absolute Gasteiger partial charge is 0.208 e. The summed E-state index contributed by atoms with van der Waals surface area (Å²) in [6.45, 7) is 7.06. The number of hydrogen-bond donors (Lipinski definition) is 1. The van der Waals surface area contributed by atoms with Gasteiger partial charge in [-0.3, -0.25) is 4.90 Å². The Morgan fingerprint density at radius 1 is 1.19 bits per heavy atom. The van der Waals surface area contributed by atoms with Crippen LogP contribution in [0.25, 0.3) is 0 Å². The molecule has 0 radical (unpaired) electrons. The average Bonchev–Trinajstić information content (AvgIpc) is 2.17. The highest BCUT2D eigenvalue weighted by Crippen LogP contribution is 2.17. The van der Waals surface area contributed by atoms with Gasteiger partial charge >= 0.3 is 0 Å². The van der Waals surface area contributed by atoms with E-state index in [1.807, 2.05) is 0 Å². The first-order valence-electron chi connectivity index (χ1n) is 6.09. The van der Waals surface area contributed by atoms with Crippen LogP contribution in [0.15, 0.2) is 0 Å². The highest BCUT2D eigenvalue weighted by atomic mass is 32.2. The third-order valence-corrected chi connectivity index (χ3v) is 3.87. The molecule has 1 unspecified atom stereocenters.